The Hall–Kier alpha value is -0.770. The average molecular weight is 259 g/mol. The highest BCUT2D eigenvalue weighted by atomic mass is 16.6. The van der Waals surface area contributed by atoms with Crippen LogP contribution in [0, 0.1) is 5.41 Å². The van der Waals surface area contributed by atoms with E-state index in [9.17, 15) is 9.90 Å². The Morgan fingerprint density at radius 1 is 1.22 bits per heavy atom. The van der Waals surface area contributed by atoms with E-state index in [0.717, 1.165) is 6.42 Å². The molecule has 0 saturated heterocycles. The van der Waals surface area contributed by atoms with Gasteiger partial charge < -0.3 is 14.7 Å². The first kappa shape index (κ1) is 17.2. The zero-order valence-corrected chi connectivity index (χ0v) is 12.9. The van der Waals surface area contributed by atoms with Gasteiger partial charge in [0.1, 0.15) is 5.60 Å². The number of aliphatic hydroxyl groups is 1. The third-order valence-corrected chi connectivity index (χ3v) is 2.71. The quantitative estimate of drug-likeness (QED) is 0.825. The molecule has 0 aromatic rings. The molecule has 108 valence electrons. The van der Waals surface area contributed by atoms with Crippen LogP contribution in [0.2, 0.25) is 0 Å². The third-order valence-electron chi connectivity index (χ3n) is 2.71. The third kappa shape index (κ3) is 6.84. The molecule has 1 amide bonds. The number of nitrogens with zero attached hydrogens (tertiary/aromatic N) is 1. The summed E-state index contributed by atoms with van der Waals surface area (Å²) in [7, 11) is 0. The molecule has 0 aliphatic rings. The molecule has 0 aromatic heterocycles. The maximum absolute atomic E-state index is 12.0. The van der Waals surface area contributed by atoms with Crippen molar-refractivity contribution in [1.29, 1.82) is 0 Å². The molecule has 0 bridgehead atoms. The molecule has 0 atom stereocenters. The van der Waals surface area contributed by atoms with Gasteiger partial charge in [0.05, 0.1) is 0 Å². The number of hydrogen-bond acceptors (Lipinski definition) is 3. The Bertz CT molecular complexity index is 267. The Kier molecular flexibility index (Phi) is 6.14. The minimum Gasteiger partial charge on any atom is -0.444 e. The Balaban J connectivity index is 4.54. The highest BCUT2D eigenvalue weighted by Crippen LogP contribution is 2.21. The first-order chi connectivity index (χ1) is 7.98. The molecular weight excluding hydrogens is 230 g/mol. The molecule has 0 aliphatic heterocycles. The summed E-state index contributed by atoms with van der Waals surface area (Å²) >= 11 is 0. The fourth-order valence-corrected chi connectivity index (χ4v) is 1.38. The molecule has 0 radical (unpaired) electrons. The molecule has 4 nitrogen and oxygen atoms in total. The molecule has 0 unspecified atom stereocenters. The van der Waals surface area contributed by atoms with E-state index in [4.69, 9.17) is 4.74 Å². The maximum Gasteiger partial charge on any atom is 0.410 e. The number of amides is 1. The fraction of sp³-hybridized carbons (Fsp3) is 0.929. The number of carbonyl (C=O) groups is 1. The highest BCUT2D eigenvalue weighted by Gasteiger charge is 2.26. The summed E-state index contributed by atoms with van der Waals surface area (Å²) in [5.74, 6) is 0. The van der Waals surface area contributed by atoms with Crippen molar-refractivity contribution in [2.75, 3.05) is 13.2 Å². The van der Waals surface area contributed by atoms with Crippen LogP contribution in [0.4, 0.5) is 4.79 Å². The first-order valence-electron chi connectivity index (χ1n) is 6.59. The summed E-state index contributed by atoms with van der Waals surface area (Å²) in [6.07, 6.45) is 0.465. The lowest BCUT2D eigenvalue weighted by molar-refractivity contribution is 0.0152. The Labute approximate surface area is 111 Å². The van der Waals surface area contributed by atoms with E-state index in [2.05, 4.69) is 0 Å². The zero-order chi connectivity index (χ0) is 14.6. The summed E-state index contributed by atoms with van der Waals surface area (Å²) in [5, 5.41) is 9.24. The molecule has 1 N–H and O–H groups in total. The van der Waals surface area contributed by atoms with E-state index in [1.165, 1.54) is 0 Å². The summed E-state index contributed by atoms with van der Waals surface area (Å²) in [5.41, 5.74) is -0.647. The summed E-state index contributed by atoms with van der Waals surface area (Å²) in [6.45, 7) is 14.2. The standard InChI is InChI=1S/C14H29NO3/c1-11(2)15(9-8-14(6,7)10-16)12(17)18-13(3,4)5/h11,16H,8-10H2,1-7H3. The smallest absolute Gasteiger partial charge is 0.410 e. The largest absolute Gasteiger partial charge is 0.444 e. The molecule has 0 fully saturated rings. The van der Waals surface area contributed by atoms with Gasteiger partial charge in [-0.3, -0.25) is 0 Å². The molecule has 0 spiro atoms. The van der Waals surface area contributed by atoms with Crippen LogP contribution < -0.4 is 0 Å². The van der Waals surface area contributed by atoms with Crippen molar-refractivity contribution >= 4 is 6.09 Å². The van der Waals surface area contributed by atoms with Gasteiger partial charge in [-0.2, -0.15) is 0 Å². The lowest BCUT2D eigenvalue weighted by Crippen LogP contribution is -2.42. The molecule has 18 heavy (non-hydrogen) atoms. The van der Waals surface area contributed by atoms with Crippen molar-refractivity contribution in [2.24, 2.45) is 5.41 Å². The van der Waals surface area contributed by atoms with Gasteiger partial charge in [-0.15, -0.1) is 0 Å². The number of carbonyl (C=O) groups excluding carboxylic acids is 1. The zero-order valence-electron chi connectivity index (χ0n) is 12.9. The van der Waals surface area contributed by atoms with E-state index < -0.39 is 5.60 Å². The maximum atomic E-state index is 12.0. The molecular formula is C14H29NO3. The lowest BCUT2D eigenvalue weighted by Gasteiger charge is -2.32. The van der Waals surface area contributed by atoms with E-state index in [0.29, 0.717) is 6.54 Å². The number of aliphatic hydroxyl groups excluding tert-OH is 1. The Morgan fingerprint density at radius 3 is 2.06 bits per heavy atom. The van der Waals surface area contributed by atoms with Crippen LogP contribution in [-0.2, 0) is 4.74 Å². The fourth-order valence-electron chi connectivity index (χ4n) is 1.38. The van der Waals surface area contributed by atoms with Crippen LogP contribution >= 0.6 is 0 Å². The van der Waals surface area contributed by atoms with Gasteiger partial charge in [-0.25, -0.2) is 4.79 Å². The van der Waals surface area contributed by atoms with Gasteiger partial charge in [0, 0.05) is 19.2 Å². The molecule has 0 aliphatic carbocycles. The van der Waals surface area contributed by atoms with Crippen molar-refractivity contribution in [3.05, 3.63) is 0 Å². The summed E-state index contributed by atoms with van der Waals surface area (Å²) < 4.78 is 5.38. The second-order valence-electron chi connectivity index (χ2n) is 6.84. The monoisotopic (exact) mass is 259 g/mol. The summed E-state index contributed by atoms with van der Waals surface area (Å²) in [4.78, 5) is 13.8. The normalized spacial score (nSPS) is 12.7. The highest BCUT2D eigenvalue weighted by molar-refractivity contribution is 5.68. The molecule has 0 heterocycles. The van der Waals surface area contributed by atoms with Crippen molar-refractivity contribution in [3.63, 3.8) is 0 Å². The lowest BCUT2D eigenvalue weighted by atomic mass is 9.90. The average Bonchev–Trinajstić information content (AvgIpc) is 2.14. The van der Waals surface area contributed by atoms with Gasteiger partial charge in [0.25, 0.3) is 0 Å². The summed E-state index contributed by atoms with van der Waals surface area (Å²) in [6, 6.07) is 0.0920. The van der Waals surface area contributed by atoms with Crippen molar-refractivity contribution < 1.29 is 14.6 Å². The van der Waals surface area contributed by atoms with Crippen molar-refractivity contribution in [3.8, 4) is 0 Å². The number of ether oxygens (including phenoxy) is 1. The Morgan fingerprint density at radius 2 is 1.72 bits per heavy atom. The van der Waals surface area contributed by atoms with E-state index >= 15 is 0 Å². The van der Waals surface area contributed by atoms with Crippen LogP contribution in [-0.4, -0.2) is 40.9 Å². The topological polar surface area (TPSA) is 49.8 Å². The second-order valence-corrected chi connectivity index (χ2v) is 6.84. The number of hydrogen-bond donors (Lipinski definition) is 1. The molecule has 4 heteroatoms. The van der Waals surface area contributed by atoms with Crippen molar-refractivity contribution in [2.45, 2.75) is 66.5 Å². The van der Waals surface area contributed by atoms with Gasteiger partial charge in [0.15, 0.2) is 0 Å². The van der Waals surface area contributed by atoms with Gasteiger partial charge >= 0.3 is 6.09 Å². The SMILES string of the molecule is CC(C)N(CCC(C)(C)CO)C(=O)OC(C)(C)C. The predicted octanol–water partition coefficient (Wildman–Crippen LogP) is 3.04. The van der Waals surface area contributed by atoms with Gasteiger partial charge in [0.2, 0.25) is 0 Å². The van der Waals surface area contributed by atoms with Crippen molar-refractivity contribution in [1.82, 2.24) is 4.90 Å². The molecule has 0 saturated carbocycles. The van der Waals surface area contributed by atoms with Gasteiger partial charge in [-0.05, 0) is 46.5 Å². The van der Waals surface area contributed by atoms with E-state index in [1.807, 2.05) is 48.5 Å². The van der Waals surface area contributed by atoms with E-state index in [-0.39, 0.29) is 24.2 Å². The molecule has 0 rings (SSSR count). The first-order valence-corrected chi connectivity index (χ1v) is 6.59. The van der Waals surface area contributed by atoms with E-state index in [1.54, 1.807) is 4.90 Å². The van der Waals surface area contributed by atoms with Crippen LogP contribution in [0.5, 0.6) is 0 Å². The van der Waals surface area contributed by atoms with Crippen LogP contribution in [0.25, 0.3) is 0 Å². The van der Waals surface area contributed by atoms with Crippen LogP contribution in [0.15, 0.2) is 0 Å². The van der Waals surface area contributed by atoms with Crippen LogP contribution in [0.1, 0.15) is 54.9 Å². The molecule has 0 aromatic carbocycles. The minimum atomic E-state index is -0.475. The number of rotatable bonds is 5. The minimum absolute atomic E-state index is 0.0920. The predicted molar refractivity (Wildman–Crippen MR) is 73.6 cm³/mol. The second kappa shape index (κ2) is 6.41. The van der Waals surface area contributed by atoms with Crippen LogP contribution in [0.3, 0.4) is 0 Å². The van der Waals surface area contributed by atoms with Gasteiger partial charge in [-0.1, -0.05) is 13.8 Å².